The third-order valence-electron chi connectivity index (χ3n) is 7.27. The molecular weight excluding hydrogens is 649 g/mol. The van der Waals surface area contributed by atoms with Crippen LogP contribution >= 0.6 is 35.0 Å². The van der Waals surface area contributed by atoms with E-state index in [1.54, 1.807) is 66.7 Å². The molecule has 0 radical (unpaired) electrons. The zero-order valence-electron chi connectivity index (χ0n) is 25.6. The van der Waals surface area contributed by atoms with E-state index in [1.165, 1.54) is 17.8 Å². The molecule has 0 bridgehead atoms. The smallest absolute Gasteiger partial charge is 0.272 e. The number of anilines is 2. The Bertz CT molecular complexity index is 1950. The minimum atomic E-state index is -0.575. The number of hydrogen-bond acceptors (Lipinski definition) is 4. The van der Waals surface area contributed by atoms with E-state index >= 15 is 0 Å². The Hall–Kier alpha value is -4.82. The summed E-state index contributed by atoms with van der Waals surface area (Å²) in [6, 6.07) is 36.1. The minimum Gasteiger partial charge on any atom is -0.325 e. The van der Waals surface area contributed by atoms with Gasteiger partial charge in [-0.2, -0.15) is 0 Å². The molecule has 6 nitrogen and oxygen atoms in total. The summed E-state index contributed by atoms with van der Waals surface area (Å²) in [4.78, 5) is 41.1. The van der Waals surface area contributed by atoms with Crippen LogP contribution in [0.2, 0.25) is 10.0 Å². The monoisotopic (exact) mass is 679 g/mol. The number of nitrogens with one attached hydrogen (secondary N) is 3. The maximum atomic E-state index is 13.7. The zero-order chi connectivity index (χ0) is 33.3. The largest absolute Gasteiger partial charge is 0.325 e. The lowest BCUT2D eigenvalue weighted by molar-refractivity contribution is -0.116. The van der Waals surface area contributed by atoms with E-state index in [-0.39, 0.29) is 16.6 Å². The number of rotatable bonds is 10. The second-order valence-electron chi connectivity index (χ2n) is 10.7. The number of hydrogen-bond donors (Lipinski definition) is 3. The van der Waals surface area contributed by atoms with Crippen molar-refractivity contribution in [3.8, 4) is 0 Å². The van der Waals surface area contributed by atoms with Gasteiger partial charge in [0.15, 0.2) is 0 Å². The highest BCUT2D eigenvalue weighted by molar-refractivity contribution is 8.00. The number of halogens is 2. The molecular formula is C38H31Cl2N3O3S. The summed E-state index contributed by atoms with van der Waals surface area (Å²) in [5.74, 6) is -1.21. The van der Waals surface area contributed by atoms with Crippen LogP contribution in [0.4, 0.5) is 11.4 Å². The molecule has 0 fully saturated rings. The highest BCUT2D eigenvalue weighted by Crippen LogP contribution is 2.37. The highest BCUT2D eigenvalue weighted by Gasteiger charge is 2.23. The fourth-order valence-corrected chi connectivity index (χ4v) is 6.09. The zero-order valence-corrected chi connectivity index (χ0v) is 27.9. The van der Waals surface area contributed by atoms with Crippen molar-refractivity contribution >= 4 is 70.1 Å². The van der Waals surface area contributed by atoms with Gasteiger partial charge in [-0.3, -0.25) is 14.4 Å². The number of amides is 3. The Kier molecular flexibility index (Phi) is 11.2. The molecule has 0 spiro atoms. The quantitative estimate of drug-likeness (QED) is 0.101. The summed E-state index contributed by atoms with van der Waals surface area (Å²) in [5.41, 5.74) is 5.06. The van der Waals surface area contributed by atoms with Gasteiger partial charge in [-0.05, 0) is 90.7 Å². The summed E-state index contributed by atoms with van der Waals surface area (Å²) < 4.78 is 0. The maximum Gasteiger partial charge on any atom is 0.272 e. The summed E-state index contributed by atoms with van der Waals surface area (Å²) in [6.07, 6.45) is 1.48. The van der Waals surface area contributed by atoms with Crippen LogP contribution in [-0.4, -0.2) is 17.7 Å². The van der Waals surface area contributed by atoms with Crippen molar-refractivity contribution in [2.45, 2.75) is 24.0 Å². The molecule has 5 aromatic rings. The van der Waals surface area contributed by atoms with Crippen molar-refractivity contribution < 1.29 is 14.4 Å². The number of aryl methyl sites for hydroxylation is 2. The molecule has 1 unspecified atom stereocenters. The van der Waals surface area contributed by atoms with Gasteiger partial charge < -0.3 is 16.0 Å². The van der Waals surface area contributed by atoms with Gasteiger partial charge >= 0.3 is 0 Å². The first-order valence-corrected chi connectivity index (χ1v) is 16.3. The molecule has 5 aromatic carbocycles. The van der Waals surface area contributed by atoms with Crippen molar-refractivity contribution in [1.29, 1.82) is 0 Å². The lowest BCUT2D eigenvalue weighted by Crippen LogP contribution is -2.30. The van der Waals surface area contributed by atoms with Crippen LogP contribution in [0.25, 0.3) is 6.08 Å². The second kappa shape index (κ2) is 15.6. The molecule has 47 heavy (non-hydrogen) atoms. The van der Waals surface area contributed by atoms with E-state index in [0.29, 0.717) is 21.8 Å². The van der Waals surface area contributed by atoms with E-state index in [1.807, 2.05) is 68.4 Å². The predicted molar refractivity (Wildman–Crippen MR) is 193 cm³/mol. The van der Waals surface area contributed by atoms with Crippen LogP contribution in [0, 0.1) is 13.8 Å². The molecule has 0 aromatic heterocycles. The lowest BCUT2D eigenvalue weighted by Gasteiger charge is -2.18. The average Bonchev–Trinajstić information content (AvgIpc) is 3.08. The topological polar surface area (TPSA) is 87.3 Å². The number of carbonyl (C=O) groups is 3. The Labute approximate surface area is 288 Å². The first-order valence-electron chi connectivity index (χ1n) is 14.7. The third-order valence-corrected chi connectivity index (χ3v) is 9.35. The molecule has 5 rings (SSSR count). The van der Waals surface area contributed by atoms with Gasteiger partial charge in [0.05, 0.1) is 10.0 Å². The summed E-state index contributed by atoms with van der Waals surface area (Å²) >= 11 is 14.0. The van der Waals surface area contributed by atoms with Gasteiger partial charge in [0.25, 0.3) is 11.8 Å². The maximum absolute atomic E-state index is 13.7. The highest BCUT2D eigenvalue weighted by atomic mass is 35.5. The standard InChI is InChI=1S/C38H31Cl2N3O3S/c1-24-19-20-30(21-25(24)2)42-38(46)35(26-11-5-3-6-12-26)47-31-17-10-16-29(23-31)41-37(45)33(22-28-15-9-18-32(39)34(28)40)43-36(44)27-13-7-4-8-14-27/h3-23,35H,1-2H3,(H,41,45)(H,42,46)(H,43,44)/b33-22+. The van der Waals surface area contributed by atoms with Crippen LogP contribution in [0.1, 0.15) is 37.9 Å². The Morgan fingerprint density at radius 3 is 2.11 bits per heavy atom. The molecule has 236 valence electrons. The normalized spacial score (nSPS) is 11.8. The summed E-state index contributed by atoms with van der Waals surface area (Å²) in [5, 5.41) is 8.63. The summed E-state index contributed by atoms with van der Waals surface area (Å²) in [6.45, 7) is 4.03. The van der Waals surface area contributed by atoms with E-state index in [0.717, 1.165) is 27.3 Å². The van der Waals surface area contributed by atoms with Gasteiger partial charge in [0.1, 0.15) is 10.9 Å². The Balaban J connectivity index is 1.39. The van der Waals surface area contributed by atoms with Crippen molar-refractivity contribution in [1.82, 2.24) is 5.32 Å². The van der Waals surface area contributed by atoms with E-state index in [4.69, 9.17) is 23.2 Å². The van der Waals surface area contributed by atoms with Crippen LogP contribution in [0.3, 0.4) is 0 Å². The fourth-order valence-electron chi connectivity index (χ4n) is 4.64. The van der Waals surface area contributed by atoms with Crippen molar-refractivity contribution in [3.05, 3.63) is 165 Å². The van der Waals surface area contributed by atoms with Crippen molar-refractivity contribution in [2.75, 3.05) is 10.6 Å². The first kappa shape index (κ1) is 33.5. The number of thioether (sulfide) groups is 1. The predicted octanol–water partition coefficient (Wildman–Crippen LogP) is 9.49. The molecule has 0 saturated carbocycles. The fraction of sp³-hybridized carbons (Fsp3) is 0.0789. The van der Waals surface area contributed by atoms with Gasteiger partial charge in [-0.25, -0.2) is 0 Å². The van der Waals surface area contributed by atoms with E-state index < -0.39 is 17.1 Å². The molecule has 0 aliphatic heterocycles. The van der Waals surface area contributed by atoms with Gasteiger partial charge in [-0.15, -0.1) is 11.8 Å². The minimum absolute atomic E-state index is 0.0315. The van der Waals surface area contributed by atoms with Gasteiger partial charge in [-0.1, -0.05) is 96.0 Å². The molecule has 0 aliphatic rings. The van der Waals surface area contributed by atoms with Gasteiger partial charge in [0.2, 0.25) is 5.91 Å². The van der Waals surface area contributed by atoms with Crippen LogP contribution in [0.15, 0.2) is 132 Å². The van der Waals surface area contributed by atoms with E-state index in [2.05, 4.69) is 16.0 Å². The van der Waals surface area contributed by atoms with Crippen molar-refractivity contribution in [2.24, 2.45) is 0 Å². The first-order chi connectivity index (χ1) is 22.7. The van der Waals surface area contributed by atoms with Crippen LogP contribution in [0.5, 0.6) is 0 Å². The Morgan fingerprint density at radius 2 is 1.38 bits per heavy atom. The molecule has 3 N–H and O–H groups in total. The second-order valence-corrected chi connectivity index (χ2v) is 12.7. The van der Waals surface area contributed by atoms with Crippen LogP contribution < -0.4 is 16.0 Å². The SMILES string of the molecule is Cc1ccc(NC(=O)C(Sc2cccc(NC(=O)/C(=C\c3cccc(Cl)c3Cl)NC(=O)c3ccccc3)c2)c2ccccc2)cc1C. The van der Waals surface area contributed by atoms with Gasteiger partial charge in [0, 0.05) is 21.8 Å². The molecule has 3 amide bonds. The van der Waals surface area contributed by atoms with Crippen molar-refractivity contribution in [3.63, 3.8) is 0 Å². The molecule has 0 aliphatic carbocycles. The van der Waals surface area contributed by atoms with E-state index in [9.17, 15) is 14.4 Å². The number of carbonyl (C=O) groups excluding carboxylic acids is 3. The van der Waals surface area contributed by atoms with Crippen LogP contribution in [-0.2, 0) is 9.59 Å². The number of benzene rings is 5. The molecule has 0 heterocycles. The average molecular weight is 681 g/mol. The lowest BCUT2D eigenvalue weighted by atomic mass is 10.1. The third kappa shape index (κ3) is 8.92. The molecule has 9 heteroatoms. The summed E-state index contributed by atoms with van der Waals surface area (Å²) in [7, 11) is 0. The Morgan fingerprint density at radius 1 is 0.702 bits per heavy atom. The molecule has 0 saturated heterocycles. The molecule has 1 atom stereocenters.